The molecule has 1 saturated heterocycles. The van der Waals surface area contributed by atoms with Crippen molar-refractivity contribution in [2.45, 2.75) is 33.0 Å². The van der Waals surface area contributed by atoms with E-state index in [4.69, 9.17) is 14.6 Å². The Morgan fingerprint density at radius 1 is 1.21 bits per heavy atom. The van der Waals surface area contributed by atoms with Crippen molar-refractivity contribution in [3.8, 4) is 0 Å². The molecule has 1 amide bonds. The third-order valence-electron chi connectivity index (χ3n) is 4.61. The highest BCUT2D eigenvalue weighted by atomic mass is 16.5. The second-order valence-corrected chi connectivity index (χ2v) is 7.02. The number of rotatable bonds is 3. The van der Waals surface area contributed by atoms with Crippen LogP contribution in [0.4, 0.5) is 0 Å². The molecule has 7 nitrogen and oxygen atoms in total. The molecule has 0 saturated carbocycles. The van der Waals surface area contributed by atoms with Crippen molar-refractivity contribution in [1.82, 2.24) is 9.88 Å². The van der Waals surface area contributed by atoms with Crippen LogP contribution in [0.2, 0.25) is 0 Å². The van der Waals surface area contributed by atoms with E-state index in [2.05, 4.69) is 18.8 Å². The van der Waals surface area contributed by atoms with Crippen LogP contribution in [0.15, 0.2) is 47.3 Å². The Morgan fingerprint density at radius 2 is 1.86 bits per heavy atom. The molecule has 0 aliphatic carbocycles. The molecule has 2 N–H and O–H groups in total. The molecule has 2 atom stereocenters. The van der Waals surface area contributed by atoms with Gasteiger partial charge in [-0.1, -0.05) is 44.2 Å². The van der Waals surface area contributed by atoms with Crippen LogP contribution in [0, 0.1) is 12.8 Å². The molecule has 0 spiro atoms. The van der Waals surface area contributed by atoms with Crippen LogP contribution in [0.25, 0.3) is 0 Å². The number of ether oxygens (including phenoxy) is 1. The average Bonchev–Trinajstić information content (AvgIpc) is 2.68. The van der Waals surface area contributed by atoms with E-state index in [1.807, 2.05) is 30.3 Å². The number of pyridine rings is 1. The minimum atomic E-state index is -0.339. The first-order valence-corrected chi connectivity index (χ1v) is 9.14. The minimum absolute atomic E-state index is 0.0626. The predicted octanol–water partition coefficient (Wildman–Crippen LogP) is 2.62. The Hall–Kier alpha value is -2.93. The highest BCUT2D eigenvalue weighted by Crippen LogP contribution is 2.28. The smallest absolute Gasteiger partial charge is 0.290 e. The van der Waals surface area contributed by atoms with E-state index >= 15 is 0 Å². The lowest BCUT2D eigenvalue weighted by Crippen LogP contribution is -2.49. The Kier molecular flexibility index (Phi) is 7.52. The van der Waals surface area contributed by atoms with Gasteiger partial charge in [0, 0.05) is 12.2 Å². The topological polar surface area (TPSA) is 99.7 Å². The molecule has 1 aliphatic rings. The van der Waals surface area contributed by atoms with Gasteiger partial charge in [-0.15, -0.1) is 0 Å². The van der Waals surface area contributed by atoms with Crippen LogP contribution < -0.4 is 5.56 Å². The predicted molar refractivity (Wildman–Crippen MR) is 105 cm³/mol. The number of aromatic amines is 1. The maximum atomic E-state index is 12.9. The summed E-state index contributed by atoms with van der Waals surface area (Å²) < 4.78 is 6.22. The largest absolute Gasteiger partial charge is 0.483 e. The minimum Gasteiger partial charge on any atom is -0.483 e. The van der Waals surface area contributed by atoms with Gasteiger partial charge in [0.1, 0.15) is 11.7 Å². The summed E-state index contributed by atoms with van der Waals surface area (Å²) in [7, 11) is 0. The molecule has 2 aromatic rings. The van der Waals surface area contributed by atoms with Crippen LogP contribution in [0.1, 0.15) is 41.6 Å². The lowest BCUT2D eigenvalue weighted by Gasteiger charge is -2.40. The Balaban J connectivity index is 0.000000878. The first-order valence-electron chi connectivity index (χ1n) is 9.14. The fraction of sp³-hybridized carbons (Fsp3) is 0.381. The molecule has 0 unspecified atom stereocenters. The summed E-state index contributed by atoms with van der Waals surface area (Å²) in [6.07, 6.45) is -0.247. The average molecular weight is 386 g/mol. The zero-order chi connectivity index (χ0) is 20.7. The summed E-state index contributed by atoms with van der Waals surface area (Å²) in [6, 6.07) is 13.3. The van der Waals surface area contributed by atoms with Gasteiger partial charge >= 0.3 is 0 Å². The number of nitrogens with one attached hydrogen (secondary N) is 1. The zero-order valence-corrected chi connectivity index (χ0v) is 16.3. The van der Waals surface area contributed by atoms with Crippen LogP contribution in [0.5, 0.6) is 0 Å². The van der Waals surface area contributed by atoms with Crippen molar-refractivity contribution < 1.29 is 19.4 Å². The molecule has 3 rings (SSSR count). The third-order valence-corrected chi connectivity index (χ3v) is 4.61. The number of hydrogen-bond donors (Lipinski definition) is 2. The van der Waals surface area contributed by atoms with E-state index in [9.17, 15) is 9.59 Å². The molecular weight excluding hydrogens is 360 g/mol. The molecule has 2 heterocycles. The van der Waals surface area contributed by atoms with E-state index in [0.717, 1.165) is 11.3 Å². The monoisotopic (exact) mass is 386 g/mol. The summed E-state index contributed by atoms with van der Waals surface area (Å²) >= 11 is 0. The van der Waals surface area contributed by atoms with Gasteiger partial charge in [-0.25, -0.2) is 0 Å². The van der Waals surface area contributed by atoms with Crippen molar-refractivity contribution in [1.29, 1.82) is 0 Å². The zero-order valence-electron chi connectivity index (χ0n) is 16.3. The molecule has 28 heavy (non-hydrogen) atoms. The second-order valence-electron chi connectivity index (χ2n) is 7.02. The van der Waals surface area contributed by atoms with Gasteiger partial charge in [-0.2, -0.15) is 0 Å². The van der Waals surface area contributed by atoms with Crippen LogP contribution in [-0.2, 0) is 9.53 Å². The summed E-state index contributed by atoms with van der Waals surface area (Å²) in [6.45, 7) is 6.65. The van der Waals surface area contributed by atoms with E-state index in [1.165, 1.54) is 0 Å². The van der Waals surface area contributed by atoms with Crippen LogP contribution in [0.3, 0.4) is 0 Å². The van der Waals surface area contributed by atoms with E-state index < -0.39 is 0 Å². The molecule has 0 radical (unpaired) electrons. The van der Waals surface area contributed by atoms with E-state index in [-0.39, 0.29) is 41.6 Å². The van der Waals surface area contributed by atoms with Crippen molar-refractivity contribution >= 4 is 12.4 Å². The SMILES string of the molecule is Cc1ccc(C(=O)N2C[C@@H](c3ccccc3)O[C@@H](C(C)C)C2)c(=O)[nH]1.O=CO. The number of amides is 1. The van der Waals surface area contributed by atoms with Crippen LogP contribution >= 0.6 is 0 Å². The maximum Gasteiger partial charge on any atom is 0.290 e. The fourth-order valence-corrected chi connectivity index (χ4v) is 3.09. The number of carboxylic acid groups (broad SMARTS) is 1. The molecule has 1 aromatic carbocycles. The van der Waals surface area contributed by atoms with Crippen molar-refractivity contribution in [3.05, 3.63) is 69.6 Å². The van der Waals surface area contributed by atoms with Crippen molar-refractivity contribution in [3.63, 3.8) is 0 Å². The molecule has 150 valence electrons. The number of H-pyrrole nitrogens is 1. The van der Waals surface area contributed by atoms with Gasteiger partial charge < -0.3 is 19.7 Å². The standard InChI is InChI=1S/C20H24N2O3.CH2O2/c1-13(2)17-11-22(12-18(25-17)15-7-5-4-6-8-15)20(24)16-10-9-14(3)21-19(16)23;2-1-3/h4-10,13,17-18H,11-12H2,1-3H3,(H,21,23);1H,(H,2,3)/t17-,18+;/m1./s1. The van der Waals surface area contributed by atoms with E-state index in [1.54, 1.807) is 24.0 Å². The second kappa shape index (κ2) is 9.85. The molecule has 0 bridgehead atoms. The van der Waals surface area contributed by atoms with Crippen molar-refractivity contribution in [2.75, 3.05) is 13.1 Å². The number of carbonyl (C=O) groups excluding carboxylic acids is 1. The van der Waals surface area contributed by atoms with Gasteiger partial charge in [0.25, 0.3) is 17.9 Å². The Bertz CT molecular complexity index is 847. The number of carbonyl (C=O) groups is 2. The van der Waals surface area contributed by atoms with Crippen LogP contribution in [-0.4, -0.2) is 46.6 Å². The number of nitrogens with zero attached hydrogens (tertiary/aromatic N) is 1. The lowest BCUT2D eigenvalue weighted by molar-refractivity contribution is -0.122. The summed E-state index contributed by atoms with van der Waals surface area (Å²) in [4.78, 5) is 37.9. The quantitative estimate of drug-likeness (QED) is 0.790. The first-order chi connectivity index (χ1) is 13.4. The number of aryl methyl sites for hydroxylation is 1. The highest BCUT2D eigenvalue weighted by molar-refractivity contribution is 5.94. The molecule has 7 heteroatoms. The number of morpholine rings is 1. The molecule has 1 aliphatic heterocycles. The van der Waals surface area contributed by atoms with Gasteiger partial charge in [0.15, 0.2) is 0 Å². The number of hydrogen-bond acceptors (Lipinski definition) is 4. The lowest BCUT2D eigenvalue weighted by atomic mass is 10.0. The van der Waals surface area contributed by atoms with E-state index in [0.29, 0.717) is 13.1 Å². The summed E-state index contributed by atoms with van der Waals surface area (Å²) in [5, 5.41) is 6.89. The Labute approximate surface area is 164 Å². The fourth-order valence-electron chi connectivity index (χ4n) is 3.09. The van der Waals surface area contributed by atoms with Gasteiger partial charge in [0.2, 0.25) is 0 Å². The maximum absolute atomic E-state index is 12.9. The highest BCUT2D eigenvalue weighted by Gasteiger charge is 2.33. The summed E-state index contributed by atoms with van der Waals surface area (Å²) in [5.41, 5.74) is 1.63. The number of aromatic nitrogens is 1. The molecule has 1 aromatic heterocycles. The third kappa shape index (κ3) is 5.29. The van der Waals surface area contributed by atoms with Crippen molar-refractivity contribution in [2.24, 2.45) is 5.92 Å². The Morgan fingerprint density at radius 3 is 2.43 bits per heavy atom. The summed E-state index contributed by atoms with van der Waals surface area (Å²) in [5.74, 6) is 0.0363. The first kappa shape index (κ1) is 21.4. The van der Waals surface area contributed by atoms with Gasteiger partial charge in [-0.05, 0) is 30.5 Å². The van der Waals surface area contributed by atoms with Gasteiger partial charge in [0.05, 0.1) is 12.6 Å². The van der Waals surface area contributed by atoms with Gasteiger partial charge in [-0.3, -0.25) is 14.4 Å². The normalized spacial score (nSPS) is 18.9. The molecular formula is C21H26N2O5. The molecule has 1 fully saturated rings. The number of benzene rings is 1.